The second-order valence-electron chi connectivity index (χ2n) is 2.20. The first-order valence-electron chi connectivity index (χ1n) is 3.73. The summed E-state index contributed by atoms with van der Waals surface area (Å²) >= 11 is 1.64. The normalized spacial score (nSPS) is 11.5. The van der Waals surface area contributed by atoms with E-state index >= 15 is 0 Å². The van der Waals surface area contributed by atoms with Crippen LogP contribution in [0.1, 0.15) is 4.88 Å². The van der Waals surface area contributed by atoms with Gasteiger partial charge in [-0.15, -0.1) is 11.3 Å². The van der Waals surface area contributed by atoms with E-state index in [1.807, 2.05) is 23.6 Å². The number of nitrogens with zero attached hydrogens (tertiary/aromatic N) is 2. The van der Waals surface area contributed by atoms with E-state index in [2.05, 4.69) is 10.3 Å². The largest absolute Gasteiger partial charge is 0.372 e. The number of hydrogen-bond acceptors (Lipinski definition) is 3. The Bertz CT molecular complexity index is 343. The summed E-state index contributed by atoms with van der Waals surface area (Å²) < 4.78 is 0. The van der Waals surface area contributed by atoms with Crippen molar-refractivity contribution in [3.63, 3.8) is 0 Å². The number of nitrogens with one attached hydrogen (secondary N) is 1. The molecule has 3 nitrogen and oxygen atoms in total. The number of thiophene rings is 1. The zero-order valence-electron chi connectivity index (χ0n) is 7.19. The first-order chi connectivity index (χ1) is 6.36. The summed E-state index contributed by atoms with van der Waals surface area (Å²) in [4.78, 5) is 4.71. The molecule has 0 atom stereocenters. The highest BCUT2D eigenvalue weighted by atomic mass is 32.1. The van der Waals surface area contributed by atoms with E-state index < -0.39 is 0 Å². The van der Waals surface area contributed by atoms with Gasteiger partial charge in [0, 0.05) is 11.9 Å². The molecule has 0 aliphatic heterocycles. The molecule has 1 aromatic rings. The summed E-state index contributed by atoms with van der Waals surface area (Å²) in [5, 5.41) is 13.1. The van der Waals surface area contributed by atoms with E-state index in [4.69, 9.17) is 5.26 Å². The number of likely N-dealkylation sites (N-methyl/N-ethyl adjacent to an activating group) is 1. The van der Waals surface area contributed by atoms with Crippen LogP contribution in [-0.4, -0.2) is 12.9 Å². The fraction of sp³-hybridized carbons (Fsp3) is 0.111. The highest BCUT2D eigenvalue weighted by molar-refractivity contribution is 7.10. The zero-order valence-corrected chi connectivity index (χ0v) is 8.01. The lowest BCUT2D eigenvalue weighted by molar-refractivity contribution is 1.17. The first kappa shape index (κ1) is 9.49. The van der Waals surface area contributed by atoms with Crippen LogP contribution in [0.25, 0.3) is 6.08 Å². The average Bonchev–Trinajstić information content (AvgIpc) is 2.64. The van der Waals surface area contributed by atoms with Gasteiger partial charge in [-0.3, -0.25) is 0 Å². The van der Waals surface area contributed by atoms with Gasteiger partial charge in [-0.2, -0.15) is 10.3 Å². The predicted molar refractivity (Wildman–Crippen MR) is 55.5 cm³/mol. The molecule has 0 saturated carbocycles. The van der Waals surface area contributed by atoms with E-state index in [9.17, 15) is 0 Å². The second kappa shape index (κ2) is 5.12. The third-order valence-electron chi connectivity index (χ3n) is 1.38. The van der Waals surface area contributed by atoms with Gasteiger partial charge >= 0.3 is 0 Å². The van der Waals surface area contributed by atoms with Crippen molar-refractivity contribution < 1.29 is 0 Å². The summed E-state index contributed by atoms with van der Waals surface area (Å²) in [6, 6.07) is 3.98. The van der Waals surface area contributed by atoms with Gasteiger partial charge in [0.2, 0.25) is 6.19 Å². The van der Waals surface area contributed by atoms with Crippen molar-refractivity contribution in [1.29, 1.82) is 5.26 Å². The highest BCUT2D eigenvalue weighted by Crippen LogP contribution is 2.09. The molecule has 0 aliphatic carbocycles. The topological polar surface area (TPSA) is 48.2 Å². The number of hydrogen-bond donors (Lipinski definition) is 1. The Balaban J connectivity index is 2.68. The molecule has 1 N–H and O–H groups in total. The molecule has 0 saturated heterocycles. The maximum Gasteiger partial charge on any atom is 0.207 e. The van der Waals surface area contributed by atoms with E-state index in [1.165, 1.54) is 0 Å². The molecule has 66 valence electrons. The van der Waals surface area contributed by atoms with Gasteiger partial charge in [0.15, 0.2) is 0 Å². The minimum Gasteiger partial charge on any atom is -0.372 e. The van der Waals surface area contributed by atoms with Gasteiger partial charge in [-0.1, -0.05) is 6.07 Å². The minimum absolute atomic E-state index is 0.566. The number of aliphatic imine (C=N–C) groups is 1. The van der Waals surface area contributed by atoms with Crippen LogP contribution >= 0.6 is 11.3 Å². The summed E-state index contributed by atoms with van der Waals surface area (Å²) in [6.07, 6.45) is 5.41. The van der Waals surface area contributed by atoms with Crippen LogP contribution in [-0.2, 0) is 0 Å². The minimum atomic E-state index is 0.566. The van der Waals surface area contributed by atoms with Crippen molar-refractivity contribution >= 4 is 23.2 Å². The molecule has 1 rings (SSSR count). The van der Waals surface area contributed by atoms with Gasteiger partial charge < -0.3 is 5.32 Å². The van der Waals surface area contributed by atoms with Crippen molar-refractivity contribution in [3.05, 3.63) is 28.5 Å². The summed E-state index contributed by atoms with van der Waals surface area (Å²) in [6.45, 7) is 0. The predicted octanol–water partition coefficient (Wildman–Crippen LogP) is 1.86. The quantitative estimate of drug-likeness (QED) is 0.440. The molecule has 0 bridgehead atoms. The molecule has 0 aliphatic rings. The second-order valence-corrected chi connectivity index (χ2v) is 3.18. The van der Waals surface area contributed by atoms with Gasteiger partial charge in [0.05, 0.1) is 0 Å². The van der Waals surface area contributed by atoms with Crippen LogP contribution in [0.5, 0.6) is 0 Å². The fourth-order valence-electron chi connectivity index (χ4n) is 0.778. The Morgan fingerprint density at radius 3 is 3.15 bits per heavy atom. The highest BCUT2D eigenvalue weighted by Gasteiger charge is 1.89. The van der Waals surface area contributed by atoms with Crippen LogP contribution < -0.4 is 5.32 Å². The van der Waals surface area contributed by atoms with Crippen molar-refractivity contribution in [3.8, 4) is 6.19 Å². The molecule has 4 heteroatoms. The molecular formula is C9H9N3S. The third-order valence-corrected chi connectivity index (χ3v) is 2.21. The number of rotatable bonds is 2. The van der Waals surface area contributed by atoms with Crippen molar-refractivity contribution in [2.45, 2.75) is 0 Å². The Morgan fingerprint density at radius 1 is 1.77 bits per heavy atom. The monoisotopic (exact) mass is 191 g/mol. The molecule has 0 spiro atoms. The number of amidine groups is 1. The van der Waals surface area contributed by atoms with Crippen LogP contribution in [0.2, 0.25) is 0 Å². The Labute approximate surface area is 81.0 Å². The van der Waals surface area contributed by atoms with Crippen LogP contribution in [0.4, 0.5) is 0 Å². The molecule has 0 aromatic carbocycles. The molecule has 0 amide bonds. The Kier molecular flexibility index (Phi) is 3.74. The SMILES string of the molecule is CNC(C=Cc1cccs1)=NC#N. The number of nitriles is 1. The van der Waals surface area contributed by atoms with Crippen molar-refractivity contribution in [1.82, 2.24) is 5.32 Å². The maximum absolute atomic E-state index is 8.32. The molecular weight excluding hydrogens is 182 g/mol. The van der Waals surface area contributed by atoms with Crippen LogP contribution in [0, 0.1) is 11.5 Å². The summed E-state index contributed by atoms with van der Waals surface area (Å²) in [7, 11) is 1.73. The standard InChI is InChI=1S/C9H9N3S/c1-11-9(12-7-10)5-4-8-3-2-6-13-8/h2-6H,1H3,(H,11,12). The zero-order chi connectivity index (χ0) is 9.52. The maximum atomic E-state index is 8.32. The summed E-state index contributed by atoms with van der Waals surface area (Å²) in [5.41, 5.74) is 0. The lowest BCUT2D eigenvalue weighted by Gasteiger charge is -1.93. The molecule has 0 unspecified atom stereocenters. The van der Waals surface area contributed by atoms with Crippen LogP contribution in [0.15, 0.2) is 28.6 Å². The Morgan fingerprint density at radius 2 is 2.62 bits per heavy atom. The Hall–Kier alpha value is -1.60. The smallest absolute Gasteiger partial charge is 0.207 e. The van der Waals surface area contributed by atoms with Crippen molar-refractivity contribution in [2.75, 3.05) is 7.05 Å². The average molecular weight is 191 g/mol. The molecule has 13 heavy (non-hydrogen) atoms. The molecule has 1 heterocycles. The lowest BCUT2D eigenvalue weighted by Crippen LogP contribution is -2.14. The van der Waals surface area contributed by atoms with E-state index in [1.54, 1.807) is 30.7 Å². The van der Waals surface area contributed by atoms with Gasteiger partial charge in [0.25, 0.3) is 0 Å². The van der Waals surface area contributed by atoms with Gasteiger partial charge in [-0.25, -0.2) is 0 Å². The molecule has 0 fully saturated rings. The fourth-order valence-corrected chi connectivity index (χ4v) is 1.40. The van der Waals surface area contributed by atoms with E-state index in [-0.39, 0.29) is 0 Å². The first-order valence-corrected chi connectivity index (χ1v) is 4.61. The lowest BCUT2D eigenvalue weighted by atomic mass is 10.4. The third kappa shape index (κ3) is 3.09. The van der Waals surface area contributed by atoms with E-state index in [0.29, 0.717) is 5.84 Å². The summed E-state index contributed by atoms with van der Waals surface area (Å²) in [5.74, 6) is 0.566. The van der Waals surface area contributed by atoms with E-state index in [0.717, 1.165) is 4.88 Å². The van der Waals surface area contributed by atoms with Crippen molar-refractivity contribution in [2.24, 2.45) is 4.99 Å². The van der Waals surface area contributed by atoms with Crippen LogP contribution in [0.3, 0.4) is 0 Å². The van der Waals surface area contributed by atoms with Gasteiger partial charge in [-0.05, 0) is 23.6 Å². The molecule has 1 aromatic heterocycles. The van der Waals surface area contributed by atoms with Gasteiger partial charge in [0.1, 0.15) is 5.84 Å². The molecule has 0 radical (unpaired) electrons.